The first-order valence-corrected chi connectivity index (χ1v) is 4.77. The summed E-state index contributed by atoms with van der Waals surface area (Å²) >= 11 is 0. The Bertz CT molecular complexity index is 488. The van der Waals surface area contributed by atoms with E-state index < -0.39 is 0 Å². The van der Waals surface area contributed by atoms with Gasteiger partial charge >= 0.3 is 0 Å². The molecule has 0 N–H and O–H groups in total. The highest BCUT2D eigenvalue weighted by atomic mass is 16.6. The molecule has 1 fully saturated rings. The van der Waals surface area contributed by atoms with Crippen LogP contribution in [0.5, 0.6) is 0 Å². The maximum absolute atomic E-state index is 5.41. The van der Waals surface area contributed by atoms with Gasteiger partial charge in [-0.2, -0.15) is 0 Å². The van der Waals surface area contributed by atoms with E-state index in [9.17, 15) is 0 Å². The van der Waals surface area contributed by atoms with Crippen LogP contribution in [0, 0.1) is 0 Å². The summed E-state index contributed by atoms with van der Waals surface area (Å²) in [4.78, 5) is 4.28. The highest BCUT2D eigenvalue weighted by Crippen LogP contribution is 2.38. The van der Waals surface area contributed by atoms with Crippen molar-refractivity contribution in [3.05, 3.63) is 42.1 Å². The Labute approximate surface area is 82.5 Å². The van der Waals surface area contributed by atoms with Crippen molar-refractivity contribution in [2.45, 2.75) is 12.5 Å². The average molecular weight is 185 g/mol. The molecule has 0 bridgehead atoms. The van der Waals surface area contributed by atoms with Gasteiger partial charge in [-0.05, 0) is 30.7 Å². The fourth-order valence-corrected chi connectivity index (χ4v) is 1.68. The predicted molar refractivity (Wildman–Crippen MR) is 55.0 cm³/mol. The Hall–Kier alpha value is -1.41. The van der Waals surface area contributed by atoms with Crippen LogP contribution in [0.3, 0.4) is 0 Å². The maximum Gasteiger partial charge on any atom is 0.114 e. The maximum atomic E-state index is 5.41. The summed E-state index contributed by atoms with van der Waals surface area (Å²) in [6.07, 6.45) is 1.82. The molecule has 1 aromatic heterocycles. The van der Waals surface area contributed by atoms with Crippen molar-refractivity contribution >= 4 is 10.9 Å². The number of nitrogens with zero attached hydrogens (tertiary/aromatic N) is 1. The number of fused-ring (bicyclic) bond motifs is 1. The Morgan fingerprint density at radius 1 is 1.36 bits per heavy atom. The Morgan fingerprint density at radius 2 is 2.21 bits per heavy atom. The van der Waals surface area contributed by atoms with E-state index in [1.807, 2.05) is 12.3 Å². The number of aromatic nitrogens is 1. The van der Waals surface area contributed by atoms with E-state index in [-0.39, 0.29) is 5.60 Å². The summed E-state index contributed by atoms with van der Waals surface area (Å²) < 4.78 is 5.41. The van der Waals surface area contributed by atoms with Gasteiger partial charge in [0.2, 0.25) is 0 Å². The number of hydrogen-bond donors (Lipinski definition) is 0. The van der Waals surface area contributed by atoms with Crippen LogP contribution in [-0.4, -0.2) is 11.6 Å². The van der Waals surface area contributed by atoms with Gasteiger partial charge in [0, 0.05) is 11.6 Å². The van der Waals surface area contributed by atoms with E-state index in [1.54, 1.807) is 0 Å². The third kappa shape index (κ3) is 1.11. The minimum atomic E-state index is -0.0377. The first-order chi connectivity index (χ1) is 6.78. The van der Waals surface area contributed by atoms with Crippen LogP contribution in [0.2, 0.25) is 0 Å². The minimum absolute atomic E-state index is 0.0377. The van der Waals surface area contributed by atoms with Gasteiger partial charge in [0.25, 0.3) is 0 Å². The number of rotatable bonds is 1. The van der Waals surface area contributed by atoms with Crippen molar-refractivity contribution in [2.24, 2.45) is 0 Å². The SMILES string of the molecule is CC1(c2ccc3ncccc3c2)CO1. The molecule has 70 valence electrons. The fourth-order valence-electron chi connectivity index (χ4n) is 1.68. The van der Waals surface area contributed by atoms with Gasteiger partial charge in [0.05, 0.1) is 12.1 Å². The second-order valence-electron chi connectivity index (χ2n) is 3.93. The first-order valence-electron chi connectivity index (χ1n) is 4.77. The lowest BCUT2D eigenvalue weighted by atomic mass is 10.0. The molecule has 1 unspecified atom stereocenters. The highest BCUT2D eigenvalue weighted by Gasteiger charge is 2.41. The van der Waals surface area contributed by atoms with E-state index in [0.29, 0.717) is 0 Å². The molecule has 0 aliphatic carbocycles. The van der Waals surface area contributed by atoms with Crippen molar-refractivity contribution < 1.29 is 4.74 Å². The lowest BCUT2D eigenvalue weighted by Gasteiger charge is -2.06. The normalized spacial score (nSPS) is 25.2. The number of benzene rings is 1. The quantitative estimate of drug-likeness (QED) is 0.638. The summed E-state index contributed by atoms with van der Waals surface area (Å²) in [6.45, 7) is 2.95. The average Bonchev–Trinajstić information content (AvgIpc) is 2.97. The Morgan fingerprint density at radius 3 is 3.00 bits per heavy atom. The molecule has 0 saturated carbocycles. The fraction of sp³-hybridized carbons (Fsp3) is 0.250. The Kier molecular flexibility index (Phi) is 1.45. The second kappa shape index (κ2) is 2.55. The Balaban J connectivity index is 2.20. The molecule has 1 atom stereocenters. The van der Waals surface area contributed by atoms with Gasteiger partial charge in [0.15, 0.2) is 0 Å². The molecular formula is C12H11NO. The second-order valence-corrected chi connectivity index (χ2v) is 3.93. The van der Waals surface area contributed by atoms with Gasteiger partial charge in [-0.1, -0.05) is 12.1 Å². The van der Waals surface area contributed by atoms with Crippen LogP contribution in [0.4, 0.5) is 0 Å². The molecule has 1 aliphatic heterocycles. The smallest absolute Gasteiger partial charge is 0.114 e. The molecule has 2 heterocycles. The zero-order valence-electron chi connectivity index (χ0n) is 8.03. The summed E-state index contributed by atoms with van der Waals surface area (Å²) in [7, 11) is 0. The summed E-state index contributed by atoms with van der Waals surface area (Å²) in [5.74, 6) is 0. The molecule has 14 heavy (non-hydrogen) atoms. The van der Waals surface area contributed by atoms with Crippen LogP contribution in [0.15, 0.2) is 36.5 Å². The molecule has 0 spiro atoms. The number of hydrogen-bond acceptors (Lipinski definition) is 2. The van der Waals surface area contributed by atoms with Crippen LogP contribution < -0.4 is 0 Å². The summed E-state index contributed by atoms with van der Waals surface area (Å²) in [5.41, 5.74) is 2.25. The molecule has 3 rings (SSSR count). The van der Waals surface area contributed by atoms with Gasteiger partial charge < -0.3 is 4.74 Å². The number of ether oxygens (including phenoxy) is 1. The molecule has 0 amide bonds. The largest absolute Gasteiger partial charge is 0.365 e. The molecule has 1 aromatic carbocycles. The highest BCUT2D eigenvalue weighted by molar-refractivity contribution is 5.79. The minimum Gasteiger partial charge on any atom is -0.365 e. The van der Waals surface area contributed by atoms with E-state index in [2.05, 4.69) is 36.2 Å². The molecule has 1 saturated heterocycles. The van der Waals surface area contributed by atoms with Gasteiger partial charge in [-0.15, -0.1) is 0 Å². The van der Waals surface area contributed by atoms with Crippen molar-refractivity contribution in [1.82, 2.24) is 4.98 Å². The first kappa shape index (κ1) is 7.94. The van der Waals surface area contributed by atoms with Gasteiger partial charge in [-0.25, -0.2) is 0 Å². The lowest BCUT2D eigenvalue weighted by Crippen LogP contribution is -2.01. The zero-order chi connectivity index (χ0) is 9.60. The third-order valence-corrected chi connectivity index (χ3v) is 2.79. The van der Waals surface area contributed by atoms with E-state index in [1.165, 1.54) is 10.9 Å². The predicted octanol–water partition coefficient (Wildman–Crippen LogP) is 2.48. The molecule has 2 nitrogen and oxygen atoms in total. The van der Waals surface area contributed by atoms with Crippen molar-refractivity contribution in [1.29, 1.82) is 0 Å². The standard InChI is InChI=1S/C12H11NO/c1-12(8-14-12)10-4-5-11-9(7-10)3-2-6-13-11/h2-7H,8H2,1H3. The van der Waals surface area contributed by atoms with Crippen molar-refractivity contribution in [2.75, 3.05) is 6.61 Å². The van der Waals surface area contributed by atoms with E-state index in [4.69, 9.17) is 4.74 Å². The summed E-state index contributed by atoms with van der Waals surface area (Å²) in [5, 5.41) is 1.18. The van der Waals surface area contributed by atoms with Gasteiger partial charge in [-0.3, -0.25) is 4.98 Å². The van der Waals surface area contributed by atoms with Crippen molar-refractivity contribution in [3.8, 4) is 0 Å². The molecule has 2 aromatic rings. The molecule has 2 heteroatoms. The number of pyridine rings is 1. The monoisotopic (exact) mass is 185 g/mol. The van der Waals surface area contributed by atoms with Crippen LogP contribution >= 0.6 is 0 Å². The topological polar surface area (TPSA) is 25.4 Å². The zero-order valence-corrected chi connectivity index (χ0v) is 8.03. The number of epoxide rings is 1. The van der Waals surface area contributed by atoms with Crippen LogP contribution in [-0.2, 0) is 10.3 Å². The van der Waals surface area contributed by atoms with E-state index >= 15 is 0 Å². The van der Waals surface area contributed by atoms with Crippen molar-refractivity contribution in [3.63, 3.8) is 0 Å². The molecule has 1 aliphatic rings. The molecule has 0 radical (unpaired) electrons. The summed E-state index contributed by atoms with van der Waals surface area (Å²) in [6, 6.07) is 10.4. The lowest BCUT2D eigenvalue weighted by molar-refractivity contribution is 0.330. The third-order valence-electron chi connectivity index (χ3n) is 2.79. The molecular weight excluding hydrogens is 174 g/mol. The van der Waals surface area contributed by atoms with E-state index in [0.717, 1.165) is 12.1 Å². The van der Waals surface area contributed by atoms with Crippen LogP contribution in [0.1, 0.15) is 12.5 Å². The van der Waals surface area contributed by atoms with Gasteiger partial charge in [0.1, 0.15) is 5.60 Å². The van der Waals surface area contributed by atoms with Crippen LogP contribution in [0.25, 0.3) is 10.9 Å².